The van der Waals surface area contributed by atoms with Gasteiger partial charge in [-0.2, -0.15) is 0 Å². The van der Waals surface area contributed by atoms with Crippen LogP contribution in [0, 0.1) is 12.8 Å². The molecule has 0 atom stereocenters. The largest absolute Gasteiger partial charge is 0.455 e. The maximum Gasteiger partial charge on any atom is 0.359 e. The molecular formula is C32H49N3O3. The van der Waals surface area contributed by atoms with Gasteiger partial charge in [-0.1, -0.05) is 103 Å². The SMILES string of the molecule is CC.CC(C)C.CCC.Cc1nc(NC(=O)Cc2ccccc2)c(C(=O)OC(C)(C)C)n1-c1ccccc1. The highest BCUT2D eigenvalue weighted by molar-refractivity contribution is 6.00. The Hall–Kier alpha value is -3.41. The van der Waals surface area contributed by atoms with E-state index in [4.69, 9.17) is 4.74 Å². The molecular weight excluding hydrogens is 474 g/mol. The standard InChI is InChI=1S/C23H25N3O3.C4H10.C3H8.C2H6/c1-16-24-21(25-19(27)15-17-11-7-5-8-12-17)20(22(28)29-23(2,3)4)26(16)18-13-9-6-10-14-18;1-4(2)3;1-3-2;1-2/h5-14H,15H2,1-4H3,(H,25,27);4H,1-3H3;3H2,1-2H3;1-2H3. The number of aryl methyl sites for hydroxylation is 1. The zero-order chi connectivity index (χ0) is 29.3. The van der Waals surface area contributed by atoms with Gasteiger partial charge in [-0.05, 0) is 51.3 Å². The fourth-order valence-electron chi connectivity index (χ4n) is 2.98. The van der Waals surface area contributed by atoms with Gasteiger partial charge in [0.25, 0.3) is 0 Å². The van der Waals surface area contributed by atoms with Crippen LogP contribution in [0.4, 0.5) is 5.82 Å². The molecule has 0 spiro atoms. The van der Waals surface area contributed by atoms with Crippen molar-refractivity contribution < 1.29 is 14.3 Å². The topological polar surface area (TPSA) is 73.2 Å². The van der Waals surface area contributed by atoms with Crippen LogP contribution in [-0.4, -0.2) is 27.0 Å². The van der Waals surface area contributed by atoms with Gasteiger partial charge < -0.3 is 10.1 Å². The second kappa shape index (κ2) is 17.9. The van der Waals surface area contributed by atoms with Crippen LogP contribution in [0.3, 0.4) is 0 Å². The van der Waals surface area contributed by atoms with Crippen LogP contribution >= 0.6 is 0 Å². The molecule has 0 bridgehead atoms. The van der Waals surface area contributed by atoms with Crippen LogP contribution in [0.15, 0.2) is 60.7 Å². The first-order chi connectivity index (χ1) is 17.9. The summed E-state index contributed by atoms with van der Waals surface area (Å²) in [7, 11) is 0. The van der Waals surface area contributed by atoms with E-state index in [2.05, 4.69) is 44.9 Å². The summed E-state index contributed by atoms with van der Waals surface area (Å²) in [5.74, 6) is 0.810. The number of ether oxygens (including phenoxy) is 1. The number of nitrogens with zero attached hydrogens (tertiary/aromatic N) is 2. The number of aromatic nitrogens is 2. The smallest absolute Gasteiger partial charge is 0.359 e. The molecule has 6 nitrogen and oxygen atoms in total. The summed E-state index contributed by atoms with van der Waals surface area (Å²) in [5, 5.41) is 2.78. The van der Waals surface area contributed by atoms with Crippen LogP contribution in [0.25, 0.3) is 5.69 Å². The number of esters is 1. The van der Waals surface area contributed by atoms with Crippen LogP contribution in [0.2, 0.25) is 0 Å². The first-order valence-electron chi connectivity index (χ1n) is 13.6. The third-order valence-electron chi connectivity index (χ3n) is 4.12. The summed E-state index contributed by atoms with van der Waals surface area (Å²) in [6.07, 6.45) is 1.44. The number of para-hydroxylation sites is 1. The van der Waals surface area contributed by atoms with E-state index in [0.29, 0.717) is 5.82 Å². The molecule has 0 saturated carbocycles. The Bertz CT molecular complexity index is 1060. The number of hydrogen-bond donors (Lipinski definition) is 1. The number of carbonyl (C=O) groups is 2. The van der Waals surface area contributed by atoms with E-state index in [1.165, 1.54) is 6.42 Å². The lowest BCUT2D eigenvalue weighted by Gasteiger charge is -2.20. The number of nitrogens with one attached hydrogen (secondary N) is 1. The van der Waals surface area contributed by atoms with Gasteiger partial charge >= 0.3 is 5.97 Å². The third kappa shape index (κ3) is 13.2. The van der Waals surface area contributed by atoms with Gasteiger partial charge in [0.1, 0.15) is 11.4 Å². The Balaban J connectivity index is 0.00000134. The van der Waals surface area contributed by atoms with Crippen molar-refractivity contribution in [1.29, 1.82) is 0 Å². The van der Waals surface area contributed by atoms with E-state index in [0.717, 1.165) is 17.2 Å². The minimum Gasteiger partial charge on any atom is -0.455 e. The quantitative estimate of drug-likeness (QED) is 0.341. The van der Waals surface area contributed by atoms with Crippen molar-refractivity contribution in [3.63, 3.8) is 0 Å². The molecule has 0 aliphatic heterocycles. The predicted molar refractivity (Wildman–Crippen MR) is 160 cm³/mol. The lowest BCUT2D eigenvalue weighted by Crippen LogP contribution is -2.26. The Labute approximate surface area is 230 Å². The Morgan fingerprint density at radius 3 is 1.82 bits per heavy atom. The van der Waals surface area contributed by atoms with Gasteiger partial charge in [-0.15, -0.1) is 0 Å². The van der Waals surface area contributed by atoms with E-state index >= 15 is 0 Å². The van der Waals surface area contributed by atoms with Gasteiger partial charge in [0.2, 0.25) is 5.91 Å². The van der Waals surface area contributed by atoms with Crippen molar-refractivity contribution in [3.05, 3.63) is 77.7 Å². The number of benzene rings is 2. The van der Waals surface area contributed by atoms with E-state index < -0.39 is 11.6 Å². The maximum atomic E-state index is 13.0. The molecule has 0 fully saturated rings. The maximum absolute atomic E-state index is 13.0. The average Bonchev–Trinajstić information content (AvgIpc) is 3.16. The first-order valence-corrected chi connectivity index (χ1v) is 13.6. The molecule has 0 aliphatic carbocycles. The normalized spacial score (nSPS) is 10.1. The molecule has 1 N–H and O–H groups in total. The summed E-state index contributed by atoms with van der Waals surface area (Å²) in [6, 6.07) is 18.8. The van der Waals surface area contributed by atoms with Crippen molar-refractivity contribution in [2.75, 3.05) is 5.32 Å². The minimum atomic E-state index is -0.678. The van der Waals surface area contributed by atoms with Gasteiger partial charge in [0.15, 0.2) is 11.5 Å². The second-order valence-corrected chi connectivity index (χ2v) is 10.2. The van der Waals surface area contributed by atoms with Gasteiger partial charge in [-0.25, -0.2) is 9.78 Å². The number of rotatable bonds is 5. The summed E-state index contributed by atoms with van der Waals surface area (Å²) in [5.41, 5.74) is 1.16. The molecule has 6 heteroatoms. The monoisotopic (exact) mass is 523 g/mol. The number of hydrogen-bond acceptors (Lipinski definition) is 4. The number of amides is 1. The molecule has 0 saturated heterocycles. The zero-order valence-corrected chi connectivity index (χ0v) is 25.4. The van der Waals surface area contributed by atoms with Crippen molar-refractivity contribution >= 4 is 17.7 Å². The number of carbonyl (C=O) groups excluding carboxylic acids is 2. The molecule has 0 radical (unpaired) electrons. The molecule has 3 rings (SSSR count). The zero-order valence-electron chi connectivity index (χ0n) is 25.4. The van der Waals surface area contributed by atoms with Crippen LogP contribution in [0.1, 0.15) is 97.5 Å². The van der Waals surface area contributed by atoms with Gasteiger partial charge in [0.05, 0.1) is 6.42 Å². The van der Waals surface area contributed by atoms with Crippen molar-refractivity contribution in [1.82, 2.24) is 9.55 Å². The summed E-state index contributed by atoms with van der Waals surface area (Å²) in [4.78, 5) is 30.0. The summed E-state index contributed by atoms with van der Waals surface area (Å²) < 4.78 is 7.29. The van der Waals surface area contributed by atoms with Crippen LogP contribution in [-0.2, 0) is 16.0 Å². The lowest BCUT2D eigenvalue weighted by molar-refractivity contribution is -0.115. The first kappa shape index (κ1) is 34.6. The summed E-state index contributed by atoms with van der Waals surface area (Å²) in [6.45, 7) is 21.9. The minimum absolute atomic E-state index is 0.186. The van der Waals surface area contributed by atoms with Crippen molar-refractivity contribution in [2.45, 2.75) is 94.6 Å². The van der Waals surface area contributed by atoms with E-state index in [1.807, 2.05) is 74.5 Å². The molecule has 3 aromatic rings. The molecule has 1 aromatic heterocycles. The Morgan fingerprint density at radius 1 is 0.921 bits per heavy atom. The van der Waals surface area contributed by atoms with E-state index in [9.17, 15) is 9.59 Å². The van der Waals surface area contributed by atoms with Gasteiger partial charge in [-0.3, -0.25) is 9.36 Å². The fourth-order valence-corrected chi connectivity index (χ4v) is 2.98. The fraction of sp³-hybridized carbons (Fsp3) is 0.469. The second-order valence-electron chi connectivity index (χ2n) is 10.2. The van der Waals surface area contributed by atoms with Crippen molar-refractivity contribution in [3.8, 4) is 5.69 Å². The van der Waals surface area contributed by atoms with E-state index in [-0.39, 0.29) is 23.8 Å². The van der Waals surface area contributed by atoms with Crippen LogP contribution < -0.4 is 5.32 Å². The van der Waals surface area contributed by atoms with Crippen LogP contribution in [0.5, 0.6) is 0 Å². The molecule has 1 heterocycles. The number of imidazole rings is 1. The highest BCUT2D eigenvalue weighted by Crippen LogP contribution is 2.25. The predicted octanol–water partition coefficient (Wildman–Crippen LogP) is 8.42. The van der Waals surface area contributed by atoms with Crippen molar-refractivity contribution in [2.24, 2.45) is 5.92 Å². The molecule has 1 amide bonds. The van der Waals surface area contributed by atoms with E-state index in [1.54, 1.807) is 32.3 Å². The molecule has 210 valence electrons. The molecule has 0 aliphatic rings. The number of anilines is 1. The Morgan fingerprint density at radius 2 is 1.37 bits per heavy atom. The summed E-state index contributed by atoms with van der Waals surface area (Å²) >= 11 is 0. The lowest BCUT2D eigenvalue weighted by atomic mass is 10.1. The van der Waals surface area contributed by atoms with Gasteiger partial charge in [0, 0.05) is 5.69 Å². The molecule has 38 heavy (non-hydrogen) atoms. The Kier molecular flexibility index (Phi) is 16.3. The highest BCUT2D eigenvalue weighted by Gasteiger charge is 2.28. The molecule has 2 aromatic carbocycles. The molecule has 0 unspecified atom stereocenters. The average molecular weight is 524 g/mol. The third-order valence-corrected chi connectivity index (χ3v) is 4.12. The highest BCUT2D eigenvalue weighted by atomic mass is 16.6.